The first-order valence-electron chi connectivity index (χ1n) is 4.67. The summed E-state index contributed by atoms with van der Waals surface area (Å²) in [6.45, 7) is 4.46. The van der Waals surface area contributed by atoms with Crippen LogP contribution in [0.4, 0.5) is 0 Å². The van der Waals surface area contributed by atoms with Gasteiger partial charge in [-0.25, -0.2) is 0 Å². The lowest BCUT2D eigenvalue weighted by Crippen LogP contribution is -2.03. The Hall–Kier alpha value is 0.110. The van der Waals surface area contributed by atoms with Crippen LogP contribution in [-0.4, -0.2) is 30.6 Å². The van der Waals surface area contributed by atoms with Crippen molar-refractivity contribution in [3.63, 3.8) is 0 Å². The Morgan fingerprint density at radius 3 is 2.23 bits per heavy atom. The van der Waals surface area contributed by atoms with Crippen molar-refractivity contribution in [1.29, 1.82) is 0 Å². The van der Waals surface area contributed by atoms with E-state index in [2.05, 4.69) is 0 Å². The van der Waals surface area contributed by atoms with E-state index in [1.807, 2.05) is 0 Å². The van der Waals surface area contributed by atoms with Crippen molar-refractivity contribution in [2.45, 2.75) is 25.9 Å². The Kier molecular flexibility index (Phi) is 3.92. The van der Waals surface area contributed by atoms with Gasteiger partial charge in [-0.3, -0.25) is 4.57 Å². The van der Waals surface area contributed by atoms with Crippen molar-refractivity contribution >= 4 is 7.60 Å². The van der Waals surface area contributed by atoms with E-state index in [1.54, 1.807) is 13.8 Å². The van der Waals surface area contributed by atoms with Crippen molar-refractivity contribution in [2.75, 3.05) is 19.8 Å². The molecule has 0 saturated heterocycles. The molecule has 0 amide bonds. The fraction of sp³-hybridized carbons (Fsp3) is 1.00. The van der Waals surface area contributed by atoms with Crippen LogP contribution < -0.4 is 0 Å². The minimum atomic E-state index is -2.91. The van der Waals surface area contributed by atoms with Crippen LogP contribution in [0.5, 0.6) is 0 Å². The molecule has 0 spiro atoms. The average Bonchev–Trinajstić information content (AvgIpc) is 2.84. The quantitative estimate of drug-likeness (QED) is 0.674. The number of hydrogen-bond donors (Lipinski definition) is 1. The summed E-state index contributed by atoms with van der Waals surface area (Å²) in [6, 6.07) is 0. The molecule has 1 N–H and O–H groups in total. The maximum Gasteiger partial charge on any atom is 0.334 e. The molecule has 0 unspecified atom stereocenters. The molecular formula is C8H17O4P. The van der Waals surface area contributed by atoms with Crippen LogP contribution in [0.1, 0.15) is 20.3 Å². The van der Waals surface area contributed by atoms with Gasteiger partial charge in [-0.1, -0.05) is 0 Å². The number of aliphatic hydroxyl groups is 1. The largest absolute Gasteiger partial charge is 0.396 e. The molecule has 1 aliphatic rings. The number of rotatable bonds is 6. The maximum atomic E-state index is 12.0. The van der Waals surface area contributed by atoms with E-state index in [-0.39, 0.29) is 18.2 Å². The van der Waals surface area contributed by atoms with Crippen molar-refractivity contribution in [1.82, 2.24) is 0 Å². The monoisotopic (exact) mass is 208 g/mol. The molecular weight excluding hydrogens is 191 g/mol. The summed E-state index contributed by atoms with van der Waals surface area (Å²) >= 11 is 0. The molecule has 0 heterocycles. The van der Waals surface area contributed by atoms with Gasteiger partial charge in [-0.05, 0) is 26.2 Å². The first-order valence-corrected chi connectivity index (χ1v) is 6.28. The van der Waals surface area contributed by atoms with E-state index < -0.39 is 7.60 Å². The summed E-state index contributed by atoms with van der Waals surface area (Å²) < 4.78 is 22.3. The molecule has 0 aromatic carbocycles. The third kappa shape index (κ3) is 2.53. The maximum absolute atomic E-state index is 12.0. The van der Waals surface area contributed by atoms with Gasteiger partial charge in [0.2, 0.25) is 0 Å². The fourth-order valence-corrected chi connectivity index (χ4v) is 3.72. The van der Waals surface area contributed by atoms with Gasteiger partial charge >= 0.3 is 7.60 Å². The molecule has 5 heteroatoms. The zero-order valence-electron chi connectivity index (χ0n) is 8.10. The lowest BCUT2D eigenvalue weighted by atomic mass is 10.5. The van der Waals surface area contributed by atoms with Crippen LogP contribution in [-0.2, 0) is 13.6 Å². The smallest absolute Gasteiger partial charge is 0.334 e. The second-order valence-corrected chi connectivity index (χ2v) is 5.38. The van der Waals surface area contributed by atoms with E-state index in [1.165, 1.54) is 0 Å². The van der Waals surface area contributed by atoms with Crippen LogP contribution in [0.15, 0.2) is 0 Å². The summed E-state index contributed by atoms with van der Waals surface area (Å²) in [5.41, 5.74) is -0.0719. The fourth-order valence-electron chi connectivity index (χ4n) is 1.40. The third-order valence-electron chi connectivity index (χ3n) is 2.14. The normalized spacial score (nSPS) is 27.6. The zero-order chi connectivity index (χ0) is 9.90. The Balaban J connectivity index is 2.53. The molecule has 13 heavy (non-hydrogen) atoms. The van der Waals surface area contributed by atoms with Crippen LogP contribution in [0.2, 0.25) is 0 Å². The van der Waals surface area contributed by atoms with Gasteiger partial charge < -0.3 is 14.2 Å². The number of aliphatic hydroxyl groups excluding tert-OH is 1. The minimum absolute atomic E-state index is 0.0719. The van der Waals surface area contributed by atoms with Crippen molar-refractivity contribution in [3.8, 4) is 0 Å². The van der Waals surface area contributed by atoms with Gasteiger partial charge in [0.1, 0.15) is 0 Å². The molecule has 4 nitrogen and oxygen atoms in total. The van der Waals surface area contributed by atoms with E-state index in [9.17, 15) is 4.57 Å². The zero-order valence-corrected chi connectivity index (χ0v) is 9.00. The van der Waals surface area contributed by atoms with E-state index in [4.69, 9.17) is 14.2 Å². The number of hydrogen-bond acceptors (Lipinski definition) is 4. The van der Waals surface area contributed by atoms with Crippen LogP contribution >= 0.6 is 7.60 Å². The highest BCUT2D eigenvalue weighted by molar-refractivity contribution is 7.55. The van der Waals surface area contributed by atoms with Crippen LogP contribution in [0.25, 0.3) is 0 Å². The molecule has 0 radical (unpaired) electrons. The van der Waals surface area contributed by atoms with Gasteiger partial charge in [-0.15, -0.1) is 0 Å². The van der Waals surface area contributed by atoms with Gasteiger partial charge in [0.25, 0.3) is 0 Å². The molecule has 0 aromatic heterocycles. The van der Waals surface area contributed by atoms with E-state index in [0.717, 1.165) is 6.42 Å². The molecule has 0 aliphatic heterocycles. The summed E-state index contributed by atoms with van der Waals surface area (Å²) in [5, 5.41) is 8.84. The topological polar surface area (TPSA) is 55.8 Å². The molecule has 78 valence electrons. The lowest BCUT2D eigenvalue weighted by Gasteiger charge is -2.16. The standard InChI is InChI=1S/C8H17O4P/c1-3-11-13(10,12-4-2)8-5-7(8)6-9/h7-9H,3-6H2,1-2H3/t7-,8-/m0/s1. The second kappa shape index (κ2) is 4.56. The highest BCUT2D eigenvalue weighted by Gasteiger charge is 2.52. The molecule has 2 atom stereocenters. The second-order valence-electron chi connectivity index (χ2n) is 3.12. The van der Waals surface area contributed by atoms with E-state index >= 15 is 0 Å². The van der Waals surface area contributed by atoms with Crippen molar-refractivity contribution in [3.05, 3.63) is 0 Å². The third-order valence-corrected chi connectivity index (χ3v) is 4.83. The summed E-state index contributed by atoms with van der Waals surface area (Å²) in [4.78, 5) is 0. The van der Waals surface area contributed by atoms with Gasteiger partial charge in [0, 0.05) is 6.61 Å². The minimum Gasteiger partial charge on any atom is -0.396 e. The van der Waals surface area contributed by atoms with E-state index in [0.29, 0.717) is 13.2 Å². The summed E-state index contributed by atoms with van der Waals surface area (Å²) in [5.74, 6) is 0.115. The first kappa shape index (κ1) is 11.2. The molecule has 0 aromatic rings. The Bertz CT molecular complexity index is 196. The van der Waals surface area contributed by atoms with Gasteiger partial charge in [-0.2, -0.15) is 0 Å². The highest BCUT2D eigenvalue weighted by Crippen LogP contribution is 2.64. The summed E-state index contributed by atoms with van der Waals surface area (Å²) in [6.07, 6.45) is 0.758. The predicted octanol–water partition coefficient (Wildman–Crippen LogP) is 1.63. The Morgan fingerprint density at radius 1 is 1.38 bits per heavy atom. The molecule has 1 fully saturated rings. The average molecular weight is 208 g/mol. The predicted molar refractivity (Wildman–Crippen MR) is 49.8 cm³/mol. The van der Waals surface area contributed by atoms with Gasteiger partial charge in [0.05, 0.1) is 18.9 Å². The summed E-state index contributed by atoms with van der Waals surface area (Å²) in [7, 11) is -2.91. The molecule has 1 aliphatic carbocycles. The molecule has 1 saturated carbocycles. The highest BCUT2D eigenvalue weighted by atomic mass is 31.2. The Morgan fingerprint density at radius 2 is 1.92 bits per heavy atom. The van der Waals surface area contributed by atoms with Crippen LogP contribution in [0, 0.1) is 5.92 Å². The van der Waals surface area contributed by atoms with Crippen LogP contribution in [0.3, 0.4) is 0 Å². The van der Waals surface area contributed by atoms with Crippen molar-refractivity contribution in [2.24, 2.45) is 5.92 Å². The van der Waals surface area contributed by atoms with Gasteiger partial charge in [0.15, 0.2) is 0 Å². The SMILES string of the molecule is CCOP(=O)(OCC)[C@H]1C[C@H]1CO. The Labute approximate surface area is 78.8 Å². The van der Waals surface area contributed by atoms with Crippen molar-refractivity contribution < 1.29 is 18.7 Å². The first-order chi connectivity index (χ1) is 6.18. The molecule has 0 bridgehead atoms. The lowest BCUT2D eigenvalue weighted by molar-refractivity contribution is 0.214. The molecule has 1 rings (SSSR count).